The SMILES string of the molecule is OC1(C#CC2(O)CCCCC2)CCCCC1.OC1(CCC2(O)CCCCC2)CCCCC1.[HH]. The minimum Gasteiger partial charge on any atom is -0.390 e. The zero-order valence-corrected chi connectivity index (χ0v) is 20.3. The van der Waals surface area contributed by atoms with Gasteiger partial charge in [0, 0.05) is 1.43 Å². The van der Waals surface area contributed by atoms with E-state index >= 15 is 0 Å². The molecule has 0 saturated heterocycles. The van der Waals surface area contributed by atoms with Gasteiger partial charge in [0.2, 0.25) is 0 Å². The molecule has 4 aliphatic rings. The second kappa shape index (κ2) is 11.7. The lowest BCUT2D eigenvalue weighted by Crippen LogP contribution is -2.37. The van der Waals surface area contributed by atoms with Crippen molar-refractivity contribution in [2.24, 2.45) is 0 Å². The third-order valence-corrected chi connectivity index (χ3v) is 8.51. The Hall–Kier alpha value is -0.600. The first-order chi connectivity index (χ1) is 15.2. The van der Waals surface area contributed by atoms with Gasteiger partial charge in [-0.25, -0.2) is 0 Å². The smallest absolute Gasteiger partial charge is 0.125 e. The van der Waals surface area contributed by atoms with Crippen LogP contribution in [0.15, 0.2) is 0 Å². The van der Waals surface area contributed by atoms with Crippen molar-refractivity contribution in [3.8, 4) is 11.8 Å². The van der Waals surface area contributed by atoms with Gasteiger partial charge in [-0.05, 0) is 89.9 Å². The maximum atomic E-state index is 10.4. The van der Waals surface area contributed by atoms with Crippen LogP contribution in [0, 0.1) is 11.8 Å². The fourth-order valence-corrected chi connectivity index (χ4v) is 6.14. The summed E-state index contributed by atoms with van der Waals surface area (Å²) in [4.78, 5) is 0. The van der Waals surface area contributed by atoms with E-state index in [4.69, 9.17) is 0 Å². The highest BCUT2D eigenvalue weighted by Gasteiger charge is 2.35. The van der Waals surface area contributed by atoms with E-state index in [-0.39, 0.29) is 1.43 Å². The highest BCUT2D eigenvalue weighted by atomic mass is 16.3. The molecule has 0 aromatic carbocycles. The second-order valence-corrected chi connectivity index (χ2v) is 11.5. The van der Waals surface area contributed by atoms with Gasteiger partial charge in [0.15, 0.2) is 0 Å². The van der Waals surface area contributed by atoms with Gasteiger partial charge < -0.3 is 20.4 Å². The quantitative estimate of drug-likeness (QED) is 0.411. The summed E-state index contributed by atoms with van der Waals surface area (Å²) in [5.41, 5.74) is -2.53. The average molecular weight is 451 g/mol. The van der Waals surface area contributed by atoms with E-state index in [0.717, 1.165) is 116 Å². The van der Waals surface area contributed by atoms with Crippen molar-refractivity contribution in [3.63, 3.8) is 0 Å². The Morgan fingerprint density at radius 1 is 0.406 bits per heavy atom. The maximum absolute atomic E-state index is 10.4. The predicted octanol–water partition coefficient (Wildman–Crippen LogP) is 5.78. The highest BCUT2D eigenvalue weighted by Crippen LogP contribution is 2.38. The molecular formula is C28H50O4. The van der Waals surface area contributed by atoms with Crippen molar-refractivity contribution in [1.82, 2.24) is 0 Å². The molecule has 186 valence electrons. The van der Waals surface area contributed by atoms with Crippen LogP contribution in [0.1, 0.15) is 143 Å². The van der Waals surface area contributed by atoms with Crippen molar-refractivity contribution >= 4 is 0 Å². The van der Waals surface area contributed by atoms with Gasteiger partial charge in [0.05, 0.1) is 11.2 Å². The molecule has 4 fully saturated rings. The van der Waals surface area contributed by atoms with Crippen molar-refractivity contribution in [3.05, 3.63) is 0 Å². The minimum absolute atomic E-state index is 0. The molecule has 4 N–H and O–H groups in total. The molecule has 0 amide bonds. The van der Waals surface area contributed by atoms with E-state index in [9.17, 15) is 20.4 Å². The van der Waals surface area contributed by atoms with Gasteiger partial charge in [0.25, 0.3) is 0 Å². The molecule has 32 heavy (non-hydrogen) atoms. The zero-order chi connectivity index (χ0) is 23.0. The van der Waals surface area contributed by atoms with E-state index in [1.807, 2.05) is 0 Å². The first-order valence-electron chi connectivity index (χ1n) is 13.7. The lowest BCUT2D eigenvalue weighted by Gasteiger charge is -2.37. The summed E-state index contributed by atoms with van der Waals surface area (Å²) in [6.07, 6.45) is 22.3. The largest absolute Gasteiger partial charge is 0.390 e. The monoisotopic (exact) mass is 450 g/mol. The summed E-state index contributed by atoms with van der Waals surface area (Å²) in [6.45, 7) is 0. The molecule has 0 aromatic rings. The summed E-state index contributed by atoms with van der Waals surface area (Å²) in [5, 5.41) is 41.3. The minimum atomic E-state index is -0.814. The molecule has 0 radical (unpaired) electrons. The Balaban J connectivity index is 0.000000227. The van der Waals surface area contributed by atoms with Crippen LogP contribution in [0.3, 0.4) is 0 Å². The molecule has 0 heterocycles. The average Bonchev–Trinajstić information content (AvgIpc) is 2.80. The molecule has 0 unspecified atom stereocenters. The Morgan fingerprint density at radius 2 is 0.656 bits per heavy atom. The second-order valence-electron chi connectivity index (χ2n) is 11.5. The summed E-state index contributed by atoms with van der Waals surface area (Å²) in [7, 11) is 0. The summed E-state index contributed by atoms with van der Waals surface area (Å²) >= 11 is 0. The molecule has 4 aliphatic carbocycles. The van der Waals surface area contributed by atoms with Crippen molar-refractivity contribution in [1.29, 1.82) is 0 Å². The standard InChI is InChI=1S/C14H26O2.C14H22O2.H2/c2*15-13(7-3-1-4-8-13)11-12-14(16)9-5-2-6-10-14;/h15-16H,1-12H2;15-16H,1-10H2;1H. The Morgan fingerprint density at radius 3 is 0.938 bits per heavy atom. The van der Waals surface area contributed by atoms with Crippen LogP contribution in [0.4, 0.5) is 0 Å². The Labute approximate surface area is 197 Å². The number of hydrogen-bond acceptors (Lipinski definition) is 4. The van der Waals surface area contributed by atoms with Gasteiger partial charge in [-0.2, -0.15) is 0 Å². The van der Waals surface area contributed by atoms with Crippen LogP contribution < -0.4 is 0 Å². The van der Waals surface area contributed by atoms with Crippen molar-refractivity contribution < 1.29 is 21.9 Å². The Bertz CT molecular complexity index is 562. The third kappa shape index (κ3) is 8.32. The molecule has 4 heteroatoms. The van der Waals surface area contributed by atoms with Gasteiger partial charge in [-0.3, -0.25) is 0 Å². The summed E-state index contributed by atoms with van der Waals surface area (Å²) in [6, 6.07) is 0. The molecule has 0 aromatic heterocycles. The first-order valence-corrected chi connectivity index (χ1v) is 13.7. The molecule has 4 nitrogen and oxygen atoms in total. The number of rotatable bonds is 3. The molecule has 4 saturated carbocycles. The van der Waals surface area contributed by atoms with E-state index in [0.29, 0.717) is 0 Å². The molecule has 0 aliphatic heterocycles. The van der Waals surface area contributed by atoms with Gasteiger partial charge in [-0.15, -0.1) is 0 Å². The summed E-state index contributed by atoms with van der Waals surface area (Å²) < 4.78 is 0. The fraction of sp³-hybridized carbons (Fsp3) is 0.929. The fourth-order valence-electron chi connectivity index (χ4n) is 6.14. The lowest BCUT2D eigenvalue weighted by molar-refractivity contribution is -0.0529. The third-order valence-electron chi connectivity index (χ3n) is 8.51. The van der Waals surface area contributed by atoms with E-state index in [1.54, 1.807) is 0 Å². The van der Waals surface area contributed by atoms with Gasteiger partial charge in [0.1, 0.15) is 11.2 Å². The Kier molecular flexibility index (Phi) is 9.51. The van der Waals surface area contributed by atoms with Gasteiger partial charge >= 0.3 is 0 Å². The summed E-state index contributed by atoms with van der Waals surface area (Å²) in [5.74, 6) is 5.93. The zero-order valence-electron chi connectivity index (χ0n) is 20.3. The van der Waals surface area contributed by atoms with Crippen LogP contribution in [0.2, 0.25) is 0 Å². The van der Waals surface area contributed by atoms with Crippen LogP contribution in [0.5, 0.6) is 0 Å². The van der Waals surface area contributed by atoms with E-state index in [2.05, 4.69) is 11.8 Å². The molecule has 0 bridgehead atoms. The van der Waals surface area contributed by atoms with Crippen LogP contribution in [-0.4, -0.2) is 42.8 Å². The highest BCUT2D eigenvalue weighted by molar-refractivity contribution is 5.22. The number of aliphatic hydroxyl groups is 4. The van der Waals surface area contributed by atoms with Crippen molar-refractivity contribution in [2.75, 3.05) is 0 Å². The first kappa shape index (κ1) is 26.0. The molecular weight excluding hydrogens is 400 g/mol. The van der Waals surface area contributed by atoms with Crippen LogP contribution in [-0.2, 0) is 0 Å². The topological polar surface area (TPSA) is 80.9 Å². The lowest BCUT2D eigenvalue weighted by atomic mass is 9.75. The van der Waals surface area contributed by atoms with Crippen LogP contribution >= 0.6 is 0 Å². The van der Waals surface area contributed by atoms with Crippen molar-refractivity contribution in [2.45, 2.75) is 164 Å². The van der Waals surface area contributed by atoms with E-state index in [1.165, 1.54) is 25.7 Å². The predicted molar refractivity (Wildman–Crippen MR) is 131 cm³/mol. The van der Waals surface area contributed by atoms with Gasteiger partial charge in [-0.1, -0.05) is 63.2 Å². The van der Waals surface area contributed by atoms with Crippen LogP contribution in [0.25, 0.3) is 0 Å². The maximum Gasteiger partial charge on any atom is 0.125 e. The normalized spacial score (nSPS) is 28.4. The molecule has 4 rings (SSSR count). The molecule has 0 atom stereocenters. The number of hydrogen-bond donors (Lipinski definition) is 4. The van der Waals surface area contributed by atoms with E-state index < -0.39 is 22.4 Å². The molecule has 0 spiro atoms.